The van der Waals surface area contributed by atoms with Gasteiger partial charge in [-0.1, -0.05) is 6.07 Å². The number of hydrogen-bond acceptors (Lipinski definition) is 5. The Morgan fingerprint density at radius 2 is 2.22 bits per heavy atom. The number of rotatable bonds is 7. The second-order valence-electron chi connectivity index (χ2n) is 5.25. The molecule has 6 heteroatoms. The van der Waals surface area contributed by atoms with Crippen molar-refractivity contribution in [2.45, 2.75) is 12.5 Å². The summed E-state index contributed by atoms with van der Waals surface area (Å²) in [6.07, 6.45) is 4.28. The molecule has 1 saturated heterocycles. The van der Waals surface area contributed by atoms with Crippen LogP contribution in [0, 0.1) is 0 Å². The average Bonchev–Trinajstić information content (AvgIpc) is 2.60. The van der Waals surface area contributed by atoms with E-state index in [0.29, 0.717) is 24.1 Å². The number of thioether (sulfide) groups is 1. The first-order valence-corrected chi connectivity index (χ1v) is 8.87. The van der Waals surface area contributed by atoms with Crippen LogP contribution in [0.1, 0.15) is 12.0 Å². The monoisotopic (exact) mass is 336 g/mol. The predicted octanol–water partition coefficient (Wildman–Crippen LogP) is 1.93. The van der Waals surface area contributed by atoms with Crippen LogP contribution in [0.3, 0.4) is 0 Å². The van der Waals surface area contributed by atoms with Crippen molar-refractivity contribution in [1.29, 1.82) is 0 Å². The van der Waals surface area contributed by atoms with Crippen molar-refractivity contribution in [2.24, 2.45) is 0 Å². The molecular weight excluding hydrogens is 312 g/mol. The van der Waals surface area contributed by atoms with Gasteiger partial charge in [-0.25, -0.2) is 0 Å². The Kier molecular flexibility index (Phi) is 7.29. The van der Waals surface area contributed by atoms with Crippen LogP contribution in [0.25, 0.3) is 6.08 Å². The highest BCUT2D eigenvalue weighted by Crippen LogP contribution is 2.27. The molecule has 1 atom stereocenters. The molecule has 0 bridgehead atoms. The lowest BCUT2D eigenvalue weighted by atomic mass is 10.2. The van der Waals surface area contributed by atoms with Gasteiger partial charge in [-0.15, -0.1) is 0 Å². The van der Waals surface area contributed by atoms with Crippen molar-refractivity contribution in [1.82, 2.24) is 10.6 Å². The predicted molar refractivity (Wildman–Crippen MR) is 95.3 cm³/mol. The van der Waals surface area contributed by atoms with Crippen LogP contribution in [0.5, 0.6) is 11.5 Å². The smallest absolute Gasteiger partial charge is 0.243 e. The van der Waals surface area contributed by atoms with Gasteiger partial charge in [0.2, 0.25) is 5.91 Å². The van der Waals surface area contributed by atoms with Crippen LogP contribution in [0.2, 0.25) is 0 Å². The second kappa shape index (κ2) is 9.47. The van der Waals surface area contributed by atoms with Crippen molar-refractivity contribution in [3.8, 4) is 11.5 Å². The SMILES string of the molecule is COc1ccc(/C=C/C(=O)NCCC2CSCCN2)cc1OC. The Labute approximate surface area is 141 Å². The Hall–Kier alpha value is -1.66. The number of amides is 1. The van der Waals surface area contributed by atoms with Gasteiger partial charge >= 0.3 is 0 Å². The molecule has 1 aromatic carbocycles. The van der Waals surface area contributed by atoms with Gasteiger partial charge in [0.25, 0.3) is 0 Å². The highest BCUT2D eigenvalue weighted by Gasteiger charge is 2.12. The molecule has 1 heterocycles. The molecule has 1 aliphatic heterocycles. The number of carbonyl (C=O) groups is 1. The van der Waals surface area contributed by atoms with Gasteiger partial charge in [0.1, 0.15) is 0 Å². The van der Waals surface area contributed by atoms with Gasteiger partial charge in [0.05, 0.1) is 14.2 Å². The number of hydrogen-bond donors (Lipinski definition) is 2. The lowest BCUT2D eigenvalue weighted by molar-refractivity contribution is -0.116. The first-order valence-electron chi connectivity index (χ1n) is 7.72. The first-order chi connectivity index (χ1) is 11.2. The molecule has 1 unspecified atom stereocenters. The van der Waals surface area contributed by atoms with Crippen LogP contribution >= 0.6 is 11.8 Å². The second-order valence-corrected chi connectivity index (χ2v) is 6.40. The van der Waals surface area contributed by atoms with Crippen molar-refractivity contribution >= 4 is 23.7 Å². The lowest BCUT2D eigenvalue weighted by Gasteiger charge is -2.22. The molecule has 23 heavy (non-hydrogen) atoms. The summed E-state index contributed by atoms with van der Waals surface area (Å²) in [5.74, 6) is 3.54. The minimum Gasteiger partial charge on any atom is -0.493 e. The minimum absolute atomic E-state index is 0.0803. The van der Waals surface area contributed by atoms with Gasteiger partial charge in [0, 0.05) is 36.7 Å². The number of nitrogens with one attached hydrogen (secondary N) is 2. The quantitative estimate of drug-likeness (QED) is 0.745. The topological polar surface area (TPSA) is 59.6 Å². The maximum absolute atomic E-state index is 11.9. The van der Waals surface area contributed by atoms with Crippen molar-refractivity contribution in [2.75, 3.05) is 38.8 Å². The number of benzene rings is 1. The molecule has 1 amide bonds. The summed E-state index contributed by atoms with van der Waals surface area (Å²) in [7, 11) is 3.19. The fourth-order valence-corrected chi connectivity index (χ4v) is 3.36. The zero-order valence-electron chi connectivity index (χ0n) is 13.6. The third kappa shape index (κ3) is 5.80. The van der Waals surface area contributed by atoms with E-state index >= 15 is 0 Å². The summed E-state index contributed by atoms with van der Waals surface area (Å²) >= 11 is 1.96. The minimum atomic E-state index is -0.0803. The third-order valence-corrected chi connectivity index (χ3v) is 4.76. The molecule has 5 nitrogen and oxygen atoms in total. The van der Waals surface area contributed by atoms with Gasteiger partial charge in [0.15, 0.2) is 11.5 Å². The molecule has 0 spiro atoms. The fraction of sp³-hybridized carbons (Fsp3) is 0.471. The molecule has 0 aliphatic carbocycles. The van der Waals surface area contributed by atoms with E-state index in [4.69, 9.17) is 9.47 Å². The van der Waals surface area contributed by atoms with E-state index < -0.39 is 0 Å². The summed E-state index contributed by atoms with van der Waals surface area (Å²) in [5.41, 5.74) is 0.892. The van der Waals surface area contributed by atoms with Gasteiger partial charge < -0.3 is 20.1 Å². The van der Waals surface area contributed by atoms with Crippen molar-refractivity contribution < 1.29 is 14.3 Å². The zero-order chi connectivity index (χ0) is 16.5. The van der Waals surface area contributed by atoms with Crippen LogP contribution in [-0.4, -0.2) is 50.8 Å². The van der Waals surface area contributed by atoms with E-state index in [1.54, 1.807) is 26.4 Å². The Morgan fingerprint density at radius 1 is 1.39 bits per heavy atom. The van der Waals surface area contributed by atoms with E-state index in [-0.39, 0.29) is 5.91 Å². The molecule has 0 saturated carbocycles. The summed E-state index contributed by atoms with van der Waals surface area (Å²) in [6, 6.07) is 6.05. The number of ether oxygens (including phenoxy) is 2. The van der Waals surface area contributed by atoms with E-state index in [9.17, 15) is 4.79 Å². The molecule has 0 radical (unpaired) electrons. The Morgan fingerprint density at radius 3 is 2.91 bits per heavy atom. The maximum Gasteiger partial charge on any atom is 0.243 e. The Bertz CT molecular complexity index is 543. The maximum atomic E-state index is 11.9. The molecule has 0 aromatic heterocycles. The summed E-state index contributed by atoms with van der Waals surface area (Å²) in [6.45, 7) is 1.75. The molecule has 126 valence electrons. The molecule has 1 fully saturated rings. The van der Waals surface area contributed by atoms with Gasteiger partial charge in [-0.3, -0.25) is 4.79 Å². The highest BCUT2D eigenvalue weighted by atomic mass is 32.2. The standard InChI is InChI=1S/C17H24N2O3S/c1-21-15-5-3-13(11-16(15)22-2)4-6-17(20)19-8-7-14-12-23-10-9-18-14/h3-6,11,14,18H,7-10,12H2,1-2H3,(H,19,20)/b6-4+. The van der Waals surface area contributed by atoms with Crippen LogP contribution < -0.4 is 20.1 Å². The van der Waals surface area contributed by atoms with Crippen LogP contribution in [0.15, 0.2) is 24.3 Å². The largest absolute Gasteiger partial charge is 0.493 e. The average molecular weight is 336 g/mol. The first kappa shape index (κ1) is 17.7. The van der Waals surface area contributed by atoms with E-state index in [0.717, 1.165) is 24.3 Å². The van der Waals surface area contributed by atoms with E-state index in [2.05, 4.69) is 10.6 Å². The van der Waals surface area contributed by atoms with Crippen LogP contribution in [0.4, 0.5) is 0 Å². The normalized spacial score (nSPS) is 17.9. The molecule has 1 aliphatic rings. The van der Waals surface area contributed by atoms with Crippen molar-refractivity contribution in [3.05, 3.63) is 29.8 Å². The zero-order valence-corrected chi connectivity index (χ0v) is 14.4. The van der Waals surface area contributed by atoms with Crippen LogP contribution in [-0.2, 0) is 4.79 Å². The van der Waals surface area contributed by atoms with E-state index in [1.165, 1.54) is 5.75 Å². The molecule has 2 N–H and O–H groups in total. The summed E-state index contributed by atoms with van der Waals surface area (Å²) in [4.78, 5) is 11.9. The molecular formula is C17H24N2O3S. The van der Waals surface area contributed by atoms with Gasteiger partial charge in [-0.2, -0.15) is 11.8 Å². The molecule has 1 aromatic rings. The number of carbonyl (C=O) groups excluding carboxylic acids is 1. The number of methoxy groups -OCH3 is 2. The summed E-state index contributed by atoms with van der Waals surface area (Å²) < 4.78 is 10.4. The van der Waals surface area contributed by atoms with Gasteiger partial charge in [-0.05, 0) is 30.2 Å². The lowest BCUT2D eigenvalue weighted by Crippen LogP contribution is -2.39. The summed E-state index contributed by atoms with van der Waals surface area (Å²) in [5, 5.41) is 6.38. The fourth-order valence-electron chi connectivity index (χ4n) is 2.36. The Balaban J connectivity index is 1.78. The molecule has 2 rings (SSSR count). The van der Waals surface area contributed by atoms with Crippen molar-refractivity contribution in [3.63, 3.8) is 0 Å². The highest BCUT2D eigenvalue weighted by molar-refractivity contribution is 7.99. The van der Waals surface area contributed by atoms with E-state index in [1.807, 2.05) is 30.0 Å². The third-order valence-electron chi connectivity index (χ3n) is 3.63.